The van der Waals surface area contributed by atoms with Crippen LogP contribution in [0.5, 0.6) is 0 Å². The van der Waals surface area contributed by atoms with Crippen LogP contribution >= 0.6 is 0 Å². The number of carboxylic acid groups (broad SMARTS) is 1. The van der Waals surface area contributed by atoms with Crippen molar-refractivity contribution in [2.75, 3.05) is 26.7 Å². The number of hydrogen-bond donors (Lipinski definition) is 2. The Hall–Kier alpha value is -0.870. The summed E-state index contributed by atoms with van der Waals surface area (Å²) < 4.78 is 0. The Morgan fingerprint density at radius 3 is 2.79 bits per heavy atom. The molecule has 0 atom stereocenters. The minimum Gasteiger partial charge on any atom is -0.478 e. The Bertz CT molecular complexity index is 210. The van der Waals surface area contributed by atoms with Crippen LogP contribution in [-0.4, -0.2) is 48.7 Å². The van der Waals surface area contributed by atoms with E-state index < -0.39 is 5.97 Å². The molecular weight excluding hydrogens is 180 g/mol. The summed E-state index contributed by atoms with van der Waals surface area (Å²) in [6.07, 6.45) is 5.21. The van der Waals surface area contributed by atoms with Gasteiger partial charge in [-0.15, -0.1) is 0 Å². The maximum absolute atomic E-state index is 10.2. The van der Waals surface area contributed by atoms with Gasteiger partial charge in [0.15, 0.2) is 0 Å². The quantitative estimate of drug-likeness (QED) is 0.638. The average Bonchev–Trinajstić information content (AvgIpc) is 2.18. The molecule has 1 saturated heterocycles. The zero-order chi connectivity index (χ0) is 10.4. The van der Waals surface area contributed by atoms with Gasteiger partial charge in [-0.2, -0.15) is 0 Å². The lowest BCUT2D eigenvalue weighted by Crippen LogP contribution is -2.41. The molecule has 1 fully saturated rings. The zero-order valence-electron chi connectivity index (χ0n) is 8.57. The smallest absolute Gasteiger partial charge is 0.328 e. The predicted molar refractivity (Wildman–Crippen MR) is 55.3 cm³/mol. The summed E-state index contributed by atoms with van der Waals surface area (Å²) in [5.74, 6) is -0.872. The minimum absolute atomic E-state index is 0.592. The summed E-state index contributed by atoms with van der Waals surface area (Å²) in [7, 11) is 2.04. The average molecular weight is 198 g/mol. The van der Waals surface area contributed by atoms with Crippen molar-refractivity contribution >= 4 is 5.97 Å². The van der Waals surface area contributed by atoms with Crippen LogP contribution in [0, 0.1) is 0 Å². The van der Waals surface area contributed by atoms with Gasteiger partial charge < -0.3 is 10.4 Å². The number of rotatable bonds is 4. The first kappa shape index (κ1) is 11.2. The Kier molecular flexibility index (Phi) is 4.62. The van der Waals surface area contributed by atoms with E-state index in [9.17, 15) is 4.79 Å². The number of nitrogens with zero attached hydrogens (tertiary/aromatic N) is 1. The SMILES string of the molecule is CN(CC=CC(=O)O)C1CCNCC1. The highest BCUT2D eigenvalue weighted by molar-refractivity contribution is 5.79. The fourth-order valence-corrected chi connectivity index (χ4v) is 1.72. The largest absolute Gasteiger partial charge is 0.478 e. The molecule has 0 spiro atoms. The van der Waals surface area contributed by atoms with E-state index in [1.54, 1.807) is 6.08 Å². The van der Waals surface area contributed by atoms with E-state index in [2.05, 4.69) is 10.2 Å². The molecule has 0 aromatic rings. The van der Waals surface area contributed by atoms with Gasteiger partial charge in [0.1, 0.15) is 0 Å². The molecule has 0 saturated carbocycles. The van der Waals surface area contributed by atoms with Crippen LogP contribution in [0.4, 0.5) is 0 Å². The number of piperidine rings is 1. The van der Waals surface area contributed by atoms with Crippen molar-refractivity contribution in [2.45, 2.75) is 18.9 Å². The summed E-state index contributed by atoms with van der Waals surface area (Å²) in [5, 5.41) is 11.7. The number of likely N-dealkylation sites (N-methyl/N-ethyl adjacent to an activating group) is 1. The highest BCUT2D eigenvalue weighted by atomic mass is 16.4. The van der Waals surface area contributed by atoms with Crippen molar-refractivity contribution in [1.29, 1.82) is 0 Å². The molecule has 0 radical (unpaired) electrons. The standard InChI is InChI=1S/C10H18N2O2/c1-12(8-2-3-10(13)14)9-4-6-11-7-5-9/h2-3,9,11H,4-8H2,1H3,(H,13,14). The van der Waals surface area contributed by atoms with E-state index in [1.807, 2.05) is 7.05 Å². The maximum atomic E-state index is 10.2. The lowest BCUT2D eigenvalue weighted by Gasteiger charge is -2.30. The van der Waals surface area contributed by atoms with E-state index in [4.69, 9.17) is 5.11 Å². The van der Waals surface area contributed by atoms with Crippen LogP contribution < -0.4 is 5.32 Å². The molecule has 0 bridgehead atoms. The van der Waals surface area contributed by atoms with Crippen molar-refractivity contribution < 1.29 is 9.90 Å². The molecule has 0 aromatic carbocycles. The topological polar surface area (TPSA) is 52.6 Å². The second kappa shape index (κ2) is 5.78. The Balaban J connectivity index is 2.25. The molecule has 1 aliphatic rings. The van der Waals surface area contributed by atoms with Gasteiger partial charge in [-0.25, -0.2) is 4.79 Å². The van der Waals surface area contributed by atoms with Gasteiger partial charge in [0.05, 0.1) is 0 Å². The first-order valence-electron chi connectivity index (χ1n) is 5.00. The molecule has 1 rings (SSSR count). The summed E-state index contributed by atoms with van der Waals surface area (Å²) >= 11 is 0. The third kappa shape index (κ3) is 3.89. The fraction of sp³-hybridized carbons (Fsp3) is 0.700. The van der Waals surface area contributed by atoms with Gasteiger partial charge >= 0.3 is 5.97 Å². The Morgan fingerprint density at radius 1 is 1.57 bits per heavy atom. The van der Waals surface area contributed by atoms with Crippen LogP contribution in [0.3, 0.4) is 0 Å². The molecule has 80 valence electrons. The van der Waals surface area contributed by atoms with Crippen LogP contribution in [0.15, 0.2) is 12.2 Å². The Morgan fingerprint density at radius 2 is 2.21 bits per heavy atom. The van der Waals surface area contributed by atoms with Crippen LogP contribution in [-0.2, 0) is 4.79 Å². The third-order valence-corrected chi connectivity index (χ3v) is 2.59. The van der Waals surface area contributed by atoms with Gasteiger partial charge in [-0.05, 0) is 33.0 Å². The van der Waals surface area contributed by atoms with Gasteiger partial charge in [0, 0.05) is 18.7 Å². The van der Waals surface area contributed by atoms with Crippen LogP contribution in [0.1, 0.15) is 12.8 Å². The van der Waals surface area contributed by atoms with E-state index in [-0.39, 0.29) is 0 Å². The lowest BCUT2D eigenvalue weighted by molar-refractivity contribution is -0.131. The molecule has 1 heterocycles. The molecule has 0 amide bonds. The maximum Gasteiger partial charge on any atom is 0.328 e. The predicted octanol–water partition coefficient (Wildman–Crippen LogP) is 0.311. The van der Waals surface area contributed by atoms with Crippen molar-refractivity contribution in [3.63, 3.8) is 0 Å². The highest BCUT2D eigenvalue weighted by Crippen LogP contribution is 2.09. The summed E-state index contributed by atoms with van der Waals surface area (Å²) in [6.45, 7) is 2.85. The van der Waals surface area contributed by atoms with Crippen molar-refractivity contribution in [3.05, 3.63) is 12.2 Å². The van der Waals surface area contributed by atoms with Crippen LogP contribution in [0.2, 0.25) is 0 Å². The van der Waals surface area contributed by atoms with Gasteiger partial charge in [0.2, 0.25) is 0 Å². The molecular formula is C10H18N2O2. The molecule has 2 N–H and O–H groups in total. The number of carboxylic acids is 1. The van der Waals surface area contributed by atoms with E-state index in [0.717, 1.165) is 32.5 Å². The van der Waals surface area contributed by atoms with Crippen LogP contribution in [0.25, 0.3) is 0 Å². The minimum atomic E-state index is -0.872. The van der Waals surface area contributed by atoms with Crippen molar-refractivity contribution in [3.8, 4) is 0 Å². The second-order valence-electron chi connectivity index (χ2n) is 3.66. The summed E-state index contributed by atoms with van der Waals surface area (Å²) in [4.78, 5) is 12.5. The zero-order valence-corrected chi connectivity index (χ0v) is 8.57. The molecule has 4 nitrogen and oxygen atoms in total. The van der Waals surface area contributed by atoms with E-state index in [1.165, 1.54) is 6.08 Å². The number of carbonyl (C=O) groups is 1. The molecule has 0 unspecified atom stereocenters. The number of hydrogen-bond acceptors (Lipinski definition) is 3. The number of nitrogens with one attached hydrogen (secondary N) is 1. The monoisotopic (exact) mass is 198 g/mol. The van der Waals surface area contributed by atoms with Gasteiger partial charge in [-0.1, -0.05) is 6.08 Å². The molecule has 4 heteroatoms. The highest BCUT2D eigenvalue weighted by Gasteiger charge is 2.16. The lowest BCUT2D eigenvalue weighted by atomic mass is 10.1. The molecule has 0 aromatic heterocycles. The molecule has 1 aliphatic heterocycles. The van der Waals surface area contributed by atoms with E-state index >= 15 is 0 Å². The first-order chi connectivity index (χ1) is 6.70. The molecule has 0 aliphatic carbocycles. The number of aliphatic carboxylic acids is 1. The first-order valence-corrected chi connectivity index (χ1v) is 5.00. The summed E-state index contributed by atoms with van der Waals surface area (Å²) in [6, 6.07) is 0.592. The van der Waals surface area contributed by atoms with Gasteiger partial charge in [-0.3, -0.25) is 4.90 Å². The Labute approximate surface area is 84.6 Å². The third-order valence-electron chi connectivity index (χ3n) is 2.59. The second-order valence-corrected chi connectivity index (χ2v) is 3.66. The van der Waals surface area contributed by atoms with E-state index in [0.29, 0.717) is 6.04 Å². The fourth-order valence-electron chi connectivity index (χ4n) is 1.72. The molecule has 14 heavy (non-hydrogen) atoms. The van der Waals surface area contributed by atoms with Crippen molar-refractivity contribution in [1.82, 2.24) is 10.2 Å². The normalized spacial score (nSPS) is 19.3. The van der Waals surface area contributed by atoms with Crippen molar-refractivity contribution in [2.24, 2.45) is 0 Å². The summed E-state index contributed by atoms with van der Waals surface area (Å²) in [5.41, 5.74) is 0. The van der Waals surface area contributed by atoms with Gasteiger partial charge in [0.25, 0.3) is 0 Å².